The van der Waals surface area contributed by atoms with Crippen LogP contribution < -0.4 is 11.1 Å². The molecule has 96 valence electrons. The van der Waals surface area contributed by atoms with Gasteiger partial charge in [-0.3, -0.25) is 4.98 Å². The van der Waals surface area contributed by atoms with Crippen LogP contribution in [0.2, 0.25) is 0 Å². The first-order valence-electron chi connectivity index (χ1n) is 5.87. The Bertz CT molecular complexity index is 559. The molecular formula is C13H16BrN3O. The third kappa shape index (κ3) is 2.73. The van der Waals surface area contributed by atoms with Crippen molar-refractivity contribution in [3.05, 3.63) is 28.9 Å². The van der Waals surface area contributed by atoms with Crippen molar-refractivity contribution in [3.8, 4) is 0 Å². The van der Waals surface area contributed by atoms with Crippen LogP contribution in [-0.2, 0) is 0 Å². The van der Waals surface area contributed by atoms with Crippen molar-refractivity contribution in [2.75, 3.05) is 17.6 Å². The molecule has 2 rings (SSSR count). The summed E-state index contributed by atoms with van der Waals surface area (Å²) in [6, 6.07) is 5.68. The molecule has 0 aliphatic carbocycles. The van der Waals surface area contributed by atoms with Crippen LogP contribution in [0.15, 0.2) is 28.9 Å². The molecule has 0 saturated carbocycles. The topological polar surface area (TPSA) is 71.2 Å². The number of nitrogen functional groups attached to an aromatic ring is 1. The molecule has 0 saturated heterocycles. The van der Waals surface area contributed by atoms with Gasteiger partial charge in [-0.05, 0) is 40.5 Å². The van der Waals surface area contributed by atoms with Crippen LogP contribution in [-0.4, -0.2) is 22.7 Å². The predicted molar refractivity (Wildman–Crippen MR) is 78.6 cm³/mol. The third-order valence-electron chi connectivity index (χ3n) is 2.85. The zero-order valence-corrected chi connectivity index (χ0v) is 11.7. The zero-order chi connectivity index (χ0) is 13.1. The van der Waals surface area contributed by atoms with Crippen molar-refractivity contribution >= 4 is 38.2 Å². The Hall–Kier alpha value is -1.33. The molecule has 0 radical (unpaired) electrons. The molecule has 0 fully saturated rings. The summed E-state index contributed by atoms with van der Waals surface area (Å²) in [5.74, 6) is 0. The molecule has 1 unspecified atom stereocenters. The lowest BCUT2D eigenvalue weighted by molar-refractivity contribution is 0.183. The van der Waals surface area contributed by atoms with E-state index in [1.54, 1.807) is 6.20 Å². The van der Waals surface area contributed by atoms with Crippen molar-refractivity contribution < 1.29 is 5.11 Å². The highest BCUT2D eigenvalue weighted by Gasteiger charge is 2.07. The number of aliphatic hydroxyl groups excluding tert-OH is 1. The number of aliphatic hydroxyl groups is 1. The quantitative estimate of drug-likeness (QED) is 0.759. The van der Waals surface area contributed by atoms with E-state index in [4.69, 9.17) is 5.73 Å². The second kappa shape index (κ2) is 5.54. The van der Waals surface area contributed by atoms with Gasteiger partial charge in [-0.25, -0.2) is 0 Å². The fourth-order valence-corrected chi connectivity index (χ4v) is 2.06. The first kappa shape index (κ1) is 13.1. The number of hydrogen-bond acceptors (Lipinski definition) is 4. The van der Waals surface area contributed by atoms with Gasteiger partial charge in [-0.2, -0.15) is 0 Å². The van der Waals surface area contributed by atoms with Crippen LogP contribution in [0.3, 0.4) is 0 Å². The third-order valence-corrected chi connectivity index (χ3v) is 3.28. The highest BCUT2D eigenvalue weighted by Crippen LogP contribution is 2.28. The first-order chi connectivity index (χ1) is 8.61. The minimum atomic E-state index is -0.354. The standard InChI is InChI=1S/C13H16BrN3O/c1-2-9(18)7-16-12-4-3-11(15)10-5-8(14)6-17-13(10)12/h3-6,9,16,18H,2,7,15H2,1H3. The van der Waals surface area contributed by atoms with Gasteiger partial charge in [-0.1, -0.05) is 6.92 Å². The Morgan fingerprint density at radius 1 is 1.50 bits per heavy atom. The molecule has 1 aromatic carbocycles. The zero-order valence-electron chi connectivity index (χ0n) is 10.2. The number of halogens is 1. The Kier molecular flexibility index (Phi) is 4.04. The Labute approximate surface area is 114 Å². The molecule has 1 aromatic heterocycles. The van der Waals surface area contributed by atoms with Crippen molar-refractivity contribution in [2.24, 2.45) is 0 Å². The number of pyridine rings is 1. The van der Waals surface area contributed by atoms with E-state index < -0.39 is 0 Å². The number of benzene rings is 1. The maximum Gasteiger partial charge on any atom is 0.0954 e. The lowest BCUT2D eigenvalue weighted by Gasteiger charge is -2.13. The maximum atomic E-state index is 9.57. The van der Waals surface area contributed by atoms with Gasteiger partial charge in [0.1, 0.15) is 0 Å². The van der Waals surface area contributed by atoms with Crippen LogP contribution in [0.25, 0.3) is 10.9 Å². The molecule has 0 amide bonds. The number of fused-ring (bicyclic) bond motifs is 1. The largest absolute Gasteiger partial charge is 0.398 e. The Morgan fingerprint density at radius 2 is 2.28 bits per heavy atom. The van der Waals surface area contributed by atoms with E-state index in [1.807, 2.05) is 25.1 Å². The highest BCUT2D eigenvalue weighted by molar-refractivity contribution is 9.10. The van der Waals surface area contributed by atoms with E-state index in [1.165, 1.54) is 0 Å². The normalized spacial score (nSPS) is 12.6. The number of anilines is 2. The number of nitrogens with two attached hydrogens (primary N) is 1. The Balaban J connectivity index is 2.37. The summed E-state index contributed by atoms with van der Waals surface area (Å²) in [4.78, 5) is 4.37. The molecule has 0 aliphatic rings. The van der Waals surface area contributed by atoms with Gasteiger partial charge >= 0.3 is 0 Å². The highest BCUT2D eigenvalue weighted by atomic mass is 79.9. The van der Waals surface area contributed by atoms with Gasteiger partial charge in [0.05, 0.1) is 17.3 Å². The summed E-state index contributed by atoms with van der Waals surface area (Å²) < 4.78 is 0.896. The molecule has 0 spiro atoms. The van der Waals surface area contributed by atoms with Gasteiger partial charge in [0.2, 0.25) is 0 Å². The van der Waals surface area contributed by atoms with Crippen molar-refractivity contribution in [1.29, 1.82) is 0 Å². The van der Waals surface area contributed by atoms with Gasteiger partial charge in [0.15, 0.2) is 0 Å². The molecule has 0 aliphatic heterocycles. The van der Waals surface area contributed by atoms with E-state index in [2.05, 4.69) is 26.2 Å². The molecular weight excluding hydrogens is 294 g/mol. The molecule has 5 heteroatoms. The minimum absolute atomic E-state index is 0.354. The van der Waals surface area contributed by atoms with Crippen LogP contribution in [0.5, 0.6) is 0 Å². The number of aromatic nitrogens is 1. The monoisotopic (exact) mass is 309 g/mol. The van der Waals surface area contributed by atoms with E-state index in [9.17, 15) is 5.11 Å². The fraction of sp³-hybridized carbons (Fsp3) is 0.308. The van der Waals surface area contributed by atoms with Crippen molar-refractivity contribution in [2.45, 2.75) is 19.4 Å². The van der Waals surface area contributed by atoms with Crippen molar-refractivity contribution in [1.82, 2.24) is 4.98 Å². The van der Waals surface area contributed by atoms with E-state index in [0.29, 0.717) is 12.2 Å². The smallest absolute Gasteiger partial charge is 0.0954 e. The summed E-state index contributed by atoms with van der Waals surface area (Å²) in [6.07, 6.45) is 2.11. The van der Waals surface area contributed by atoms with E-state index in [-0.39, 0.29) is 6.10 Å². The summed E-state index contributed by atoms with van der Waals surface area (Å²) in [6.45, 7) is 2.45. The molecule has 1 heterocycles. The number of rotatable bonds is 4. The minimum Gasteiger partial charge on any atom is -0.398 e. The van der Waals surface area contributed by atoms with Gasteiger partial charge in [0, 0.05) is 28.3 Å². The van der Waals surface area contributed by atoms with E-state index >= 15 is 0 Å². The lowest BCUT2D eigenvalue weighted by atomic mass is 10.1. The maximum absolute atomic E-state index is 9.57. The SMILES string of the molecule is CCC(O)CNc1ccc(N)c2cc(Br)cnc12. The van der Waals surface area contributed by atoms with Crippen LogP contribution >= 0.6 is 15.9 Å². The van der Waals surface area contributed by atoms with Gasteiger partial charge in [-0.15, -0.1) is 0 Å². The predicted octanol–water partition coefficient (Wildman–Crippen LogP) is 2.76. The number of nitrogens with zero attached hydrogens (tertiary/aromatic N) is 1. The van der Waals surface area contributed by atoms with E-state index in [0.717, 1.165) is 27.5 Å². The van der Waals surface area contributed by atoms with Crippen LogP contribution in [0.4, 0.5) is 11.4 Å². The fourth-order valence-electron chi connectivity index (χ4n) is 1.73. The molecule has 4 N–H and O–H groups in total. The molecule has 0 bridgehead atoms. The molecule has 4 nitrogen and oxygen atoms in total. The number of nitrogens with one attached hydrogen (secondary N) is 1. The summed E-state index contributed by atoms with van der Waals surface area (Å²) >= 11 is 3.39. The molecule has 1 atom stereocenters. The second-order valence-corrected chi connectivity index (χ2v) is 5.11. The Morgan fingerprint density at radius 3 is 3.00 bits per heavy atom. The molecule has 2 aromatic rings. The van der Waals surface area contributed by atoms with Gasteiger partial charge in [0.25, 0.3) is 0 Å². The summed E-state index contributed by atoms with van der Waals surface area (Å²) in [5, 5.41) is 13.7. The van der Waals surface area contributed by atoms with Gasteiger partial charge < -0.3 is 16.2 Å². The van der Waals surface area contributed by atoms with Crippen LogP contribution in [0, 0.1) is 0 Å². The van der Waals surface area contributed by atoms with Crippen LogP contribution in [0.1, 0.15) is 13.3 Å². The summed E-state index contributed by atoms with van der Waals surface area (Å²) in [7, 11) is 0. The summed E-state index contributed by atoms with van der Waals surface area (Å²) in [5.41, 5.74) is 8.34. The van der Waals surface area contributed by atoms with Crippen molar-refractivity contribution in [3.63, 3.8) is 0 Å². The molecule has 18 heavy (non-hydrogen) atoms. The average molecular weight is 310 g/mol. The number of hydrogen-bond donors (Lipinski definition) is 3. The first-order valence-corrected chi connectivity index (χ1v) is 6.66. The lowest BCUT2D eigenvalue weighted by Crippen LogP contribution is -2.18. The second-order valence-electron chi connectivity index (χ2n) is 4.20. The average Bonchev–Trinajstić information content (AvgIpc) is 2.38.